The van der Waals surface area contributed by atoms with Gasteiger partial charge in [-0.1, -0.05) is 42.5 Å². The maximum Gasteiger partial charge on any atom is 0.160 e. The standard InChI is InChI=1S/C25H21N5/c1-17-3-4-21(13-18(17)2)19-5-7-20(8-6-19)25-28-23-10-12-30(15-24(23)29-25)14-22-9-11-26-16-27-22/h3-13,15-16H,14H2,1-2H3. The number of aryl methyl sites for hydroxylation is 2. The Bertz CT molecular complexity index is 1270. The highest BCUT2D eigenvalue weighted by Gasteiger charge is 2.13. The van der Waals surface area contributed by atoms with E-state index in [1.165, 1.54) is 22.3 Å². The number of imidazole rings is 1. The van der Waals surface area contributed by atoms with Crippen LogP contribution in [0.3, 0.4) is 0 Å². The number of pyridine rings is 1. The first-order valence-corrected chi connectivity index (χ1v) is 9.92. The van der Waals surface area contributed by atoms with E-state index in [9.17, 15) is 0 Å². The molecule has 0 amide bonds. The Kier molecular flexibility index (Phi) is 4.56. The van der Waals surface area contributed by atoms with Crippen LogP contribution in [0.4, 0.5) is 0 Å². The lowest BCUT2D eigenvalue weighted by Crippen LogP contribution is -2.02. The molecule has 1 aromatic heterocycles. The number of hydrogen-bond donors (Lipinski definition) is 0. The molecule has 3 heterocycles. The van der Waals surface area contributed by atoms with Crippen LogP contribution in [0.15, 0.2) is 79.5 Å². The third-order valence-electron chi connectivity index (χ3n) is 5.40. The van der Waals surface area contributed by atoms with Crippen molar-refractivity contribution in [2.24, 2.45) is 0 Å². The number of benzene rings is 2. The fraction of sp³-hybridized carbons (Fsp3) is 0.120. The van der Waals surface area contributed by atoms with Gasteiger partial charge in [0, 0.05) is 24.2 Å². The predicted octanol–water partition coefficient (Wildman–Crippen LogP) is 5.17. The largest absolute Gasteiger partial charge is 0.346 e. The number of nitrogens with zero attached hydrogens (tertiary/aromatic N) is 5. The molecule has 2 aromatic carbocycles. The summed E-state index contributed by atoms with van der Waals surface area (Å²) in [6, 6.07) is 18.9. The summed E-state index contributed by atoms with van der Waals surface area (Å²) in [4.78, 5) is 17.7. The third kappa shape index (κ3) is 3.57. The van der Waals surface area contributed by atoms with Crippen LogP contribution in [0.5, 0.6) is 0 Å². The molecule has 5 heteroatoms. The minimum Gasteiger partial charge on any atom is -0.346 e. The second-order valence-electron chi connectivity index (χ2n) is 7.51. The summed E-state index contributed by atoms with van der Waals surface area (Å²) in [7, 11) is 0. The second kappa shape index (κ2) is 7.52. The van der Waals surface area contributed by atoms with Crippen molar-refractivity contribution in [2.75, 3.05) is 0 Å². The predicted molar refractivity (Wildman–Crippen MR) is 118 cm³/mol. The molecule has 30 heavy (non-hydrogen) atoms. The highest BCUT2D eigenvalue weighted by molar-refractivity contribution is 5.71. The Morgan fingerprint density at radius 1 is 0.767 bits per heavy atom. The Morgan fingerprint density at radius 2 is 1.53 bits per heavy atom. The summed E-state index contributed by atoms with van der Waals surface area (Å²) in [6.45, 7) is 4.95. The summed E-state index contributed by atoms with van der Waals surface area (Å²) in [5.41, 5.74) is 8.77. The van der Waals surface area contributed by atoms with Gasteiger partial charge < -0.3 is 4.57 Å². The number of fused-ring (bicyclic) bond motifs is 1. The molecular formula is C25H21N5. The molecule has 5 nitrogen and oxygen atoms in total. The summed E-state index contributed by atoms with van der Waals surface area (Å²) >= 11 is 0. The van der Waals surface area contributed by atoms with Crippen LogP contribution in [0.2, 0.25) is 0 Å². The van der Waals surface area contributed by atoms with Crippen molar-refractivity contribution in [1.82, 2.24) is 24.5 Å². The van der Waals surface area contributed by atoms with Crippen molar-refractivity contribution >= 4 is 0 Å². The van der Waals surface area contributed by atoms with Gasteiger partial charge in [-0.15, -0.1) is 0 Å². The molecule has 0 fully saturated rings. The summed E-state index contributed by atoms with van der Waals surface area (Å²) in [5, 5.41) is 0. The quantitative estimate of drug-likeness (QED) is 0.424. The molecule has 0 saturated heterocycles. The van der Waals surface area contributed by atoms with Crippen molar-refractivity contribution in [2.45, 2.75) is 20.4 Å². The van der Waals surface area contributed by atoms with Gasteiger partial charge in [-0.3, -0.25) is 0 Å². The topological polar surface area (TPSA) is 56.5 Å². The lowest BCUT2D eigenvalue weighted by molar-refractivity contribution is 0.762. The zero-order valence-electron chi connectivity index (χ0n) is 16.9. The Hall–Kier alpha value is -3.86. The van der Waals surface area contributed by atoms with E-state index in [-0.39, 0.29) is 0 Å². The van der Waals surface area contributed by atoms with Crippen LogP contribution in [0.1, 0.15) is 16.8 Å². The van der Waals surface area contributed by atoms with Crippen LogP contribution < -0.4 is 0 Å². The van der Waals surface area contributed by atoms with Gasteiger partial charge in [-0.2, -0.15) is 0 Å². The average Bonchev–Trinajstić information content (AvgIpc) is 3.20. The Morgan fingerprint density at radius 3 is 2.30 bits per heavy atom. The van der Waals surface area contributed by atoms with Crippen LogP contribution >= 0.6 is 0 Å². The molecule has 0 radical (unpaired) electrons. The first kappa shape index (κ1) is 18.2. The first-order chi connectivity index (χ1) is 14.7. The van der Waals surface area contributed by atoms with Crippen LogP contribution in [0, 0.1) is 13.8 Å². The van der Waals surface area contributed by atoms with E-state index in [2.05, 4.69) is 70.8 Å². The molecule has 5 rings (SSSR count). The molecular weight excluding hydrogens is 370 g/mol. The van der Waals surface area contributed by atoms with Gasteiger partial charge in [-0.25, -0.2) is 19.9 Å². The van der Waals surface area contributed by atoms with E-state index in [0.29, 0.717) is 6.54 Å². The van der Waals surface area contributed by atoms with Crippen LogP contribution in [-0.4, -0.2) is 24.5 Å². The maximum atomic E-state index is 4.75. The fourth-order valence-electron chi connectivity index (χ4n) is 3.51. The molecule has 0 unspecified atom stereocenters. The van der Waals surface area contributed by atoms with Gasteiger partial charge in [0.15, 0.2) is 5.82 Å². The van der Waals surface area contributed by atoms with E-state index in [1.807, 2.05) is 24.5 Å². The molecule has 0 atom stereocenters. The zero-order chi connectivity index (χ0) is 20.5. The summed E-state index contributed by atoms with van der Waals surface area (Å²) in [5.74, 6) is 0.747. The molecule has 2 aliphatic heterocycles. The smallest absolute Gasteiger partial charge is 0.160 e. The summed E-state index contributed by atoms with van der Waals surface area (Å²) in [6.07, 6.45) is 7.34. The molecule has 0 aliphatic carbocycles. The molecule has 0 spiro atoms. The van der Waals surface area contributed by atoms with E-state index in [0.717, 1.165) is 28.5 Å². The second-order valence-corrected chi connectivity index (χ2v) is 7.51. The molecule has 0 bridgehead atoms. The van der Waals surface area contributed by atoms with Gasteiger partial charge >= 0.3 is 0 Å². The highest BCUT2D eigenvalue weighted by atomic mass is 15.0. The van der Waals surface area contributed by atoms with Gasteiger partial charge in [0.25, 0.3) is 0 Å². The molecule has 2 aliphatic rings. The van der Waals surface area contributed by atoms with Gasteiger partial charge in [0.05, 0.1) is 17.9 Å². The van der Waals surface area contributed by atoms with Crippen LogP contribution in [0.25, 0.3) is 33.9 Å². The van der Waals surface area contributed by atoms with Gasteiger partial charge in [0.2, 0.25) is 0 Å². The average molecular weight is 391 g/mol. The van der Waals surface area contributed by atoms with E-state index >= 15 is 0 Å². The highest BCUT2D eigenvalue weighted by Crippen LogP contribution is 2.28. The van der Waals surface area contributed by atoms with Crippen molar-refractivity contribution in [3.05, 3.63) is 96.3 Å². The zero-order valence-corrected chi connectivity index (χ0v) is 16.9. The summed E-state index contributed by atoms with van der Waals surface area (Å²) < 4.78 is 2.06. The van der Waals surface area contributed by atoms with Crippen LogP contribution in [-0.2, 0) is 6.54 Å². The van der Waals surface area contributed by atoms with Gasteiger partial charge in [0.1, 0.15) is 12.0 Å². The lowest BCUT2D eigenvalue weighted by atomic mass is 9.99. The lowest BCUT2D eigenvalue weighted by Gasteiger charge is -2.06. The van der Waals surface area contributed by atoms with Crippen molar-refractivity contribution in [3.8, 4) is 33.9 Å². The van der Waals surface area contributed by atoms with Crippen molar-refractivity contribution in [1.29, 1.82) is 0 Å². The minimum absolute atomic E-state index is 0.672. The monoisotopic (exact) mass is 391 g/mol. The maximum absolute atomic E-state index is 4.75. The number of hydrogen-bond acceptors (Lipinski definition) is 4. The molecule has 0 N–H and O–H groups in total. The Balaban J connectivity index is 1.42. The fourth-order valence-corrected chi connectivity index (χ4v) is 3.51. The number of aromatic nitrogens is 5. The van der Waals surface area contributed by atoms with E-state index < -0.39 is 0 Å². The van der Waals surface area contributed by atoms with E-state index in [1.54, 1.807) is 12.5 Å². The normalized spacial score (nSPS) is 11.1. The van der Waals surface area contributed by atoms with Crippen molar-refractivity contribution in [3.63, 3.8) is 0 Å². The van der Waals surface area contributed by atoms with Crippen molar-refractivity contribution < 1.29 is 0 Å². The first-order valence-electron chi connectivity index (χ1n) is 9.92. The molecule has 146 valence electrons. The van der Waals surface area contributed by atoms with E-state index in [4.69, 9.17) is 9.97 Å². The Labute approximate surface area is 175 Å². The van der Waals surface area contributed by atoms with Gasteiger partial charge in [-0.05, 0) is 48.2 Å². The molecule has 0 saturated carbocycles. The molecule has 3 aromatic rings. The number of rotatable bonds is 4. The third-order valence-corrected chi connectivity index (χ3v) is 5.40. The SMILES string of the molecule is Cc1ccc(-c2ccc(-c3nc4ccn(Cc5ccncn5)cc-4n3)cc2)cc1C. The minimum atomic E-state index is 0.672.